The van der Waals surface area contributed by atoms with Gasteiger partial charge in [-0.25, -0.2) is 9.59 Å². The summed E-state index contributed by atoms with van der Waals surface area (Å²) in [5.41, 5.74) is -0.683. The zero-order valence-corrected chi connectivity index (χ0v) is 13.6. The first-order valence-corrected chi connectivity index (χ1v) is 7.15. The molecule has 1 N–H and O–H groups in total. The maximum Gasteiger partial charge on any atom is 0.408 e. The van der Waals surface area contributed by atoms with Crippen molar-refractivity contribution >= 4 is 17.8 Å². The Hall–Kier alpha value is -2.10. The number of hydrogen-bond acceptors (Lipinski definition) is 6. The highest BCUT2D eigenvalue weighted by Gasteiger charge is 2.25. The molecule has 0 heterocycles. The first kappa shape index (κ1) is 19.9. The molecule has 0 aliphatic rings. The Labute approximate surface area is 131 Å². The van der Waals surface area contributed by atoms with E-state index in [1.165, 1.54) is 7.11 Å². The Kier molecular flexibility index (Phi) is 8.83. The van der Waals surface area contributed by atoms with Gasteiger partial charge in [-0.05, 0) is 33.6 Å². The maximum atomic E-state index is 11.7. The molecular formula is C15H24N2O5. The lowest BCUT2D eigenvalue weighted by Crippen LogP contribution is -2.44. The molecule has 22 heavy (non-hydrogen) atoms. The molecule has 1 atom stereocenters. The van der Waals surface area contributed by atoms with Crippen LogP contribution in [0, 0.1) is 11.3 Å². The molecule has 124 valence electrons. The fourth-order valence-corrected chi connectivity index (χ4v) is 1.64. The van der Waals surface area contributed by atoms with Gasteiger partial charge in [0.25, 0.3) is 0 Å². The van der Waals surface area contributed by atoms with Crippen molar-refractivity contribution in [3.05, 3.63) is 0 Å². The van der Waals surface area contributed by atoms with Crippen LogP contribution in [0.1, 0.15) is 52.9 Å². The lowest BCUT2D eigenvalue weighted by atomic mass is 10.1. The average molecular weight is 312 g/mol. The summed E-state index contributed by atoms with van der Waals surface area (Å²) in [4.78, 5) is 35.0. The Bertz CT molecular complexity index is 434. The van der Waals surface area contributed by atoms with Gasteiger partial charge in [-0.1, -0.05) is 0 Å². The number of nitriles is 1. The molecule has 0 aromatic carbocycles. The molecule has 7 heteroatoms. The number of amides is 1. The van der Waals surface area contributed by atoms with Crippen LogP contribution in [0.25, 0.3) is 0 Å². The summed E-state index contributed by atoms with van der Waals surface area (Å²) in [5.74, 6) is -0.689. The van der Waals surface area contributed by atoms with E-state index in [-0.39, 0.29) is 25.0 Å². The number of rotatable bonds is 8. The van der Waals surface area contributed by atoms with Crippen molar-refractivity contribution in [2.45, 2.75) is 64.5 Å². The van der Waals surface area contributed by atoms with Gasteiger partial charge in [0.1, 0.15) is 17.4 Å². The Morgan fingerprint density at radius 2 is 1.86 bits per heavy atom. The summed E-state index contributed by atoms with van der Waals surface area (Å²) in [7, 11) is 1.21. The van der Waals surface area contributed by atoms with E-state index < -0.39 is 23.7 Å². The SMILES string of the molecule is COC(=O)[C@H](CCC(=O)CCCC#N)NC(=O)OC(C)(C)C. The van der Waals surface area contributed by atoms with Crippen LogP contribution in [0.4, 0.5) is 4.79 Å². The van der Waals surface area contributed by atoms with Crippen LogP contribution in [0.3, 0.4) is 0 Å². The van der Waals surface area contributed by atoms with Crippen molar-refractivity contribution in [1.82, 2.24) is 5.32 Å². The van der Waals surface area contributed by atoms with Crippen molar-refractivity contribution in [3.63, 3.8) is 0 Å². The van der Waals surface area contributed by atoms with E-state index in [0.717, 1.165) is 0 Å². The summed E-state index contributed by atoms with van der Waals surface area (Å²) in [6, 6.07) is 1.03. The molecule has 7 nitrogen and oxygen atoms in total. The standard InChI is InChI=1S/C15H24N2O5/c1-15(2,3)22-14(20)17-12(13(19)21-4)9-8-11(18)7-5-6-10-16/h12H,5-9H2,1-4H3,(H,17,20)/t12-/m0/s1. The van der Waals surface area contributed by atoms with Gasteiger partial charge in [-0.2, -0.15) is 5.26 Å². The van der Waals surface area contributed by atoms with Crippen LogP contribution in [0.15, 0.2) is 0 Å². The van der Waals surface area contributed by atoms with E-state index >= 15 is 0 Å². The van der Waals surface area contributed by atoms with Crippen LogP contribution in [0.5, 0.6) is 0 Å². The molecular weight excluding hydrogens is 288 g/mol. The van der Waals surface area contributed by atoms with Gasteiger partial charge in [0.2, 0.25) is 0 Å². The molecule has 0 unspecified atom stereocenters. The van der Waals surface area contributed by atoms with E-state index in [4.69, 9.17) is 10.00 Å². The van der Waals surface area contributed by atoms with Crippen LogP contribution in [0.2, 0.25) is 0 Å². The fourth-order valence-electron chi connectivity index (χ4n) is 1.64. The second-order valence-electron chi connectivity index (χ2n) is 5.81. The highest BCUT2D eigenvalue weighted by atomic mass is 16.6. The number of esters is 1. The molecule has 0 rings (SSSR count). The van der Waals surface area contributed by atoms with E-state index in [9.17, 15) is 14.4 Å². The second-order valence-corrected chi connectivity index (χ2v) is 5.81. The highest BCUT2D eigenvalue weighted by molar-refractivity contribution is 5.83. The number of ether oxygens (including phenoxy) is 2. The lowest BCUT2D eigenvalue weighted by molar-refractivity contribution is -0.143. The van der Waals surface area contributed by atoms with E-state index in [0.29, 0.717) is 12.8 Å². The minimum atomic E-state index is -0.931. The van der Waals surface area contributed by atoms with Gasteiger partial charge in [-0.3, -0.25) is 4.79 Å². The zero-order chi connectivity index (χ0) is 17.2. The summed E-state index contributed by atoms with van der Waals surface area (Å²) < 4.78 is 9.68. The Morgan fingerprint density at radius 3 is 2.36 bits per heavy atom. The zero-order valence-electron chi connectivity index (χ0n) is 13.6. The third-order valence-corrected chi connectivity index (χ3v) is 2.63. The second kappa shape index (κ2) is 9.77. The van der Waals surface area contributed by atoms with Gasteiger partial charge in [0.15, 0.2) is 0 Å². The Morgan fingerprint density at radius 1 is 1.23 bits per heavy atom. The van der Waals surface area contributed by atoms with Gasteiger partial charge in [-0.15, -0.1) is 0 Å². The van der Waals surface area contributed by atoms with Gasteiger partial charge >= 0.3 is 12.1 Å². The number of carbonyl (C=O) groups is 3. The molecule has 0 aromatic rings. The number of unbranched alkanes of at least 4 members (excludes halogenated alkanes) is 1. The molecule has 0 radical (unpaired) electrons. The van der Waals surface area contributed by atoms with E-state index in [2.05, 4.69) is 10.1 Å². The van der Waals surface area contributed by atoms with Crippen molar-refractivity contribution < 1.29 is 23.9 Å². The molecule has 1 amide bonds. The Balaban J connectivity index is 4.42. The summed E-state index contributed by atoms with van der Waals surface area (Å²) in [5, 5.41) is 10.8. The summed E-state index contributed by atoms with van der Waals surface area (Å²) in [6.45, 7) is 5.12. The monoisotopic (exact) mass is 312 g/mol. The van der Waals surface area contributed by atoms with E-state index in [1.807, 2.05) is 6.07 Å². The van der Waals surface area contributed by atoms with E-state index in [1.54, 1.807) is 20.8 Å². The fraction of sp³-hybridized carbons (Fsp3) is 0.733. The third-order valence-electron chi connectivity index (χ3n) is 2.63. The molecule has 0 spiro atoms. The van der Waals surface area contributed by atoms with Crippen molar-refractivity contribution in [2.24, 2.45) is 0 Å². The minimum Gasteiger partial charge on any atom is -0.467 e. The average Bonchev–Trinajstić information content (AvgIpc) is 2.40. The number of methoxy groups -OCH3 is 1. The van der Waals surface area contributed by atoms with Crippen molar-refractivity contribution in [2.75, 3.05) is 7.11 Å². The molecule has 0 aliphatic heterocycles. The predicted molar refractivity (Wildman–Crippen MR) is 78.9 cm³/mol. The first-order chi connectivity index (χ1) is 10.2. The smallest absolute Gasteiger partial charge is 0.408 e. The van der Waals surface area contributed by atoms with Crippen LogP contribution < -0.4 is 5.32 Å². The minimum absolute atomic E-state index is 0.0601. The van der Waals surface area contributed by atoms with Gasteiger partial charge in [0.05, 0.1) is 13.2 Å². The predicted octanol–water partition coefficient (Wildman–Crippen LogP) is 2.10. The number of carbonyl (C=O) groups excluding carboxylic acids is 3. The molecule has 0 saturated heterocycles. The number of hydrogen-bond donors (Lipinski definition) is 1. The van der Waals surface area contributed by atoms with Gasteiger partial charge in [0, 0.05) is 19.3 Å². The van der Waals surface area contributed by atoms with Crippen LogP contribution >= 0.6 is 0 Å². The van der Waals surface area contributed by atoms with Crippen molar-refractivity contribution in [1.29, 1.82) is 5.26 Å². The van der Waals surface area contributed by atoms with Gasteiger partial charge < -0.3 is 14.8 Å². The first-order valence-electron chi connectivity index (χ1n) is 7.15. The number of ketones is 1. The van der Waals surface area contributed by atoms with Crippen LogP contribution in [-0.4, -0.2) is 36.6 Å². The third kappa shape index (κ3) is 9.75. The maximum absolute atomic E-state index is 11.7. The number of nitrogens with zero attached hydrogens (tertiary/aromatic N) is 1. The van der Waals surface area contributed by atoms with Crippen molar-refractivity contribution in [3.8, 4) is 6.07 Å². The number of Topliss-reactive ketones (excluding diaryl/α,β-unsaturated/α-hetero) is 1. The largest absolute Gasteiger partial charge is 0.467 e. The molecule has 0 aliphatic carbocycles. The molecule has 0 bridgehead atoms. The molecule has 0 fully saturated rings. The quantitative estimate of drug-likeness (QED) is 0.543. The summed E-state index contributed by atoms with van der Waals surface area (Å²) >= 11 is 0. The normalized spacial score (nSPS) is 12.0. The van der Waals surface area contributed by atoms with Crippen LogP contribution in [-0.2, 0) is 19.1 Å². The number of nitrogens with one attached hydrogen (secondary N) is 1. The highest BCUT2D eigenvalue weighted by Crippen LogP contribution is 2.09. The lowest BCUT2D eigenvalue weighted by Gasteiger charge is -2.22. The number of alkyl carbamates (subject to hydrolysis) is 1. The molecule has 0 aromatic heterocycles. The topological polar surface area (TPSA) is 105 Å². The molecule has 0 saturated carbocycles. The summed E-state index contributed by atoms with van der Waals surface area (Å²) in [6.07, 6.45) is 0.631.